The Kier molecular flexibility index (Phi) is 5.61. The molecule has 118 valence electrons. The second-order valence-corrected chi connectivity index (χ2v) is 5.97. The SMILES string of the molecule is CCN(C)CC1CCN(C(=O)NCCn2cc(C)cn2)C1. The molecule has 1 fully saturated rings. The predicted octanol–water partition coefficient (Wildman–Crippen LogP) is 1.17. The third-order valence-corrected chi connectivity index (χ3v) is 4.06. The molecule has 21 heavy (non-hydrogen) atoms. The molecule has 1 aromatic heterocycles. The molecule has 1 aliphatic rings. The molecule has 1 saturated heterocycles. The van der Waals surface area contributed by atoms with Crippen LogP contribution in [-0.2, 0) is 6.54 Å². The number of aryl methyl sites for hydroxylation is 1. The summed E-state index contributed by atoms with van der Waals surface area (Å²) >= 11 is 0. The van der Waals surface area contributed by atoms with Gasteiger partial charge in [0.1, 0.15) is 0 Å². The van der Waals surface area contributed by atoms with E-state index in [-0.39, 0.29) is 6.03 Å². The van der Waals surface area contributed by atoms with E-state index >= 15 is 0 Å². The van der Waals surface area contributed by atoms with Gasteiger partial charge in [-0.1, -0.05) is 6.92 Å². The zero-order valence-electron chi connectivity index (χ0n) is 13.4. The molecule has 2 heterocycles. The first-order valence-electron chi connectivity index (χ1n) is 7.79. The van der Waals surface area contributed by atoms with Crippen LogP contribution in [0.15, 0.2) is 12.4 Å². The molecule has 0 spiro atoms. The van der Waals surface area contributed by atoms with E-state index in [9.17, 15) is 4.79 Å². The van der Waals surface area contributed by atoms with Crippen LogP contribution in [0, 0.1) is 12.8 Å². The van der Waals surface area contributed by atoms with E-state index in [1.165, 1.54) is 0 Å². The number of nitrogens with zero attached hydrogens (tertiary/aromatic N) is 4. The minimum atomic E-state index is 0.0560. The number of urea groups is 1. The molecule has 1 unspecified atom stereocenters. The predicted molar refractivity (Wildman–Crippen MR) is 83.2 cm³/mol. The second-order valence-electron chi connectivity index (χ2n) is 5.97. The number of hydrogen-bond acceptors (Lipinski definition) is 3. The van der Waals surface area contributed by atoms with E-state index in [0.29, 0.717) is 12.5 Å². The third kappa shape index (κ3) is 4.74. The summed E-state index contributed by atoms with van der Waals surface area (Å²) in [7, 11) is 2.13. The Labute approximate surface area is 127 Å². The fourth-order valence-corrected chi connectivity index (χ4v) is 2.71. The maximum Gasteiger partial charge on any atom is 0.317 e. The zero-order chi connectivity index (χ0) is 15.2. The van der Waals surface area contributed by atoms with Crippen LogP contribution in [0.2, 0.25) is 0 Å². The Balaban J connectivity index is 1.67. The monoisotopic (exact) mass is 293 g/mol. The first-order valence-corrected chi connectivity index (χ1v) is 7.79. The van der Waals surface area contributed by atoms with Gasteiger partial charge in [0.15, 0.2) is 0 Å². The molecule has 1 N–H and O–H groups in total. The molecular formula is C15H27N5O. The number of carbonyl (C=O) groups excluding carboxylic acids is 1. The van der Waals surface area contributed by atoms with E-state index in [1.807, 2.05) is 28.9 Å². The number of carbonyl (C=O) groups is 1. The molecule has 1 atom stereocenters. The maximum atomic E-state index is 12.1. The summed E-state index contributed by atoms with van der Waals surface area (Å²) in [5.74, 6) is 0.606. The first-order chi connectivity index (χ1) is 10.1. The van der Waals surface area contributed by atoms with Crippen molar-refractivity contribution in [1.29, 1.82) is 0 Å². The van der Waals surface area contributed by atoms with Gasteiger partial charge in [-0.2, -0.15) is 5.10 Å². The van der Waals surface area contributed by atoms with E-state index in [1.54, 1.807) is 0 Å². The molecule has 0 saturated carbocycles. The average molecular weight is 293 g/mol. The number of hydrogen-bond donors (Lipinski definition) is 1. The van der Waals surface area contributed by atoms with Gasteiger partial charge < -0.3 is 15.1 Å². The Morgan fingerprint density at radius 1 is 1.57 bits per heavy atom. The van der Waals surface area contributed by atoms with Gasteiger partial charge in [0.25, 0.3) is 0 Å². The third-order valence-electron chi connectivity index (χ3n) is 4.06. The van der Waals surface area contributed by atoms with Crippen molar-refractivity contribution in [2.45, 2.75) is 26.8 Å². The Hall–Kier alpha value is -1.56. The van der Waals surface area contributed by atoms with Gasteiger partial charge >= 0.3 is 6.03 Å². The van der Waals surface area contributed by atoms with Crippen LogP contribution in [0.3, 0.4) is 0 Å². The van der Waals surface area contributed by atoms with Gasteiger partial charge in [0.05, 0.1) is 12.7 Å². The molecule has 6 nitrogen and oxygen atoms in total. The lowest BCUT2D eigenvalue weighted by molar-refractivity contribution is 0.204. The van der Waals surface area contributed by atoms with Crippen molar-refractivity contribution in [2.24, 2.45) is 5.92 Å². The Bertz CT molecular complexity index is 459. The second kappa shape index (κ2) is 7.45. The van der Waals surface area contributed by atoms with Gasteiger partial charge in [-0.3, -0.25) is 4.68 Å². The number of likely N-dealkylation sites (tertiary alicyclic amines) is 1. The lowest BCUT2D eigenvalue weighted by Gasteiger charge is -2.20. The minimum Gasteiger partial charge on any atom is -0.336 e. The normalized spacial score (nSPS) is 18.5. The van der Waals surface area contributed by atoms with Crippen molar-refractivity contribution >= 4 is 6.03 Å². The summed E-state index contributed by atoms with van der Waals surface area (Å²) in [6.07, 6.45) is 4.92. The van der Waals surface area contributed by atoms with Crippen molar-refractivity contribution in [3.05, 3.63) is 18.0 Å². The van der Waals surface area contributed by atoms with E-state index in [0.717, 1.165) is 44.7 Å². The molecule has 0 aliphatic carbocycles. The summed E-state index contributed by atoms with van der Waals surface area (Å²) in [4.78, 5) is 16.4. The fourth-order valence-electron chi connectivity index (χ4n) is 2.71. The fraction of sp³-hybridized carbons (Fsp3) is 0.733. The number of rotatable bonds is 6. The van der Waals surface area contributed by atoms with Crippen molar-refractivity contribution < 1.29 is 4.79 Å². The number of amides is 2. The largest absolute Gasteiger partial charge is 0.336 e. The molecule has 0 aromatic carbocycles. The lowest BCUT2D eigenvalue weighted by Crippen LogP contribution is -2.40. The first kappa shape index (κ1) is 15.8. The van der Waals surface area contributed by atoms with Crippen molar-refractivity contribution in [3.8, 4) is 0 Å². The van der Waals surface area contributed by atoms with Crippen molar-refractivity contribution in [3.63, 3.8) is 0 Å². The summed E-state index contributed by atoms with van der Waals surface area (Å²) < 4.78 is 1.86. The molecule has 0 radical (unpaired) electrons. The lowest BCUT2D eigenvalue weighted by atomic mass is 10.1. The summed E-state index contributed by atoms with van der Waals surface area (Å²) in [5.41, 5.74) is 1.14. The van der Waals surface area contributed by atoms with E-state index in [4.69, 9.17) is 0 Å². The van der Waals surface area contributed by atoms with Crippen LogP contribution >= 0.6 is 0 Å². The van der Waals surface area contributed by atoms with Crippen LogP contribution in [0.1, 0.15) is 18.9 Å². The van der Waals surface area contributed by atoms with E-state index < -0.39 is 0 Å². The number of nitrogens with one attached hydrogen (secondary N) is 1. The molecular weight excluding hydrogens is 266 g/mol. The van der Waals surface area contributed by atoms with Crippen LogP contribution in [0.5, 0.6) is 0 Å². The topological polar surface area (TPSA) is 53.4 Å². The van der Waals surface area contributed by atoms with Gasteiger partial charge in [-0.25, -0.2) is 4.79 Å². The minimum absolute atomic E-state index is 0.0560. The maximum absolute atomic E-state index is 12.1. The summed E-state index contributed by atoms with van der Waals surface area (Å²) in [6, 6.07) is 0.0560. The quantitative estimate of drug-likeness (QED) is 0.857. The van der Waals surface area contributed by atoms with E-state index in [2.05, 4.69) is 29.3 Å². The van der Waals surface area contributed by atoms with Crippen LogP contribution in [0.4, 0.5) is 4.79 Å². The Morgan fingerprint density at radius 2 is 2.38 bits per heavy atom. The van der Waals surface area contributed by atoms with Gasteiger partial charge in [-0.15, -0.1) is 0 Å². The molecule has 0 bridgehead atoms. The molecule has 1 aliphatic heterocycles. The zero-order valence-corrected chi connectivity index (χ0v) is 13.4. The van der Waals surface area contributed by atoms with Crippen LogP contribution in [0.25, 0.3) is 0 Å². The standard InChI is InChI=1S/C15H27N5O/c1-4-18(3)11-14-5-7-19(12-14)15(21)16-6-8-20-10-13(2)9-17-20/h9-10,14H,4-8,11-12H2,1-3H3,(H,16,21). The highest BCUT2D eigenvalue weighted by Gasteiger charge is 2.26. The molecule has 1 aromatic rings. The van der Waals surface area contributed by atoms with Crippen molar-refractivity contribution in [1.82, 2.24) is 24.9 Å². The average Bonchev–Trinajstić information content (AvgIpc) is 3.08. The number of aromatic nitrogens is 2. The Morgan fingerprint density at radius 3 is 3.05 bits per heavy atom. The highest BCUT2D eigenvalue weighted by molar-refractivity contribution is 5.74. The highest BCUT2D eigenvalue weighted by Crippen LogP contribution is 2.16. The molecule has 2 rings (SSSR count). The van der Waals surface area contributed by atoms with Gasteiger partial charge in [0.2, 0.25) is 0 Å². The van der Waals surface area contributed by atoms with Crippen LogP contribution < -0.4 is 5.32 Å². The van der Waals surface area contributed by atoms with Crippen molar-refractivity contribution in [2.75, 3.05) is 39.8 Å². The van der Waals surface area contributed by atoms with Gasteiger partial charge in [0, 0.05) is 32.4 Å². The smallest absolute Gasteiger partial charge is 0.317 e. The molecule has 2 amide bonds. The van der Waals surface area contributed by atoms with Gasteiger partial charge in [-0.05, 0) is 38.4 Å². The summed E-state index contributed by atoms with van der Waals surface area (Å²) in [5, 5.41) is 7.19. The van der Waals surface area contributed by atoms with Crippen LogP contribution in [-0.4, -0.2) is 65.4 Å². The summed E-state index contributed by atoms with van der Waals surface area (Å²) in [6.45, 7) is 9.40. The molecule has 6 heteroatoms. The highest BCUT2D eigenvalue weighted by atomic mass is 16.2.